The van der Waals surface area contributed by atoms with Gasteiger partial charge in [0.15, 0.2) is 0 Å². The lowest BCUT2D eigenvalue weighted by atomic mass is 9.98. The molecule has 2 nitrogen and oxygen atoms in total. The maximum absolute atomic E-state index is 10.4. The van der Waals surface area contributed by atoms with Gasteiger partial charge in [-0.3, -0.25) is 4.79 Å². The number of carboxylic acids is 1. The van der Waals surface area contributed by atoms with E-state index in [0.717, 1.165) is 10.9 Å². The average molecular weight is 257 g/mol. The Bertz CT molecular complexity index is 306. The summed E-state index contributed by atoms with van der Waals surface area (Å²) < 4.78 is 1.05. The van der Waals surface area contributed by atoms with Crippen molar-refractivity contribution in [1.82, 2.24) is 0 Å². The number of carbonyl (C=O) groups is 1. The predicted molar refractivity (Wildman–Crippen MR) is 59.3 cm³/mol. The molecule has 1 aromatic rings. The minimum Gasteiger partial charge on any atom is -0.481 e. The van der Waals surface area contributed by atoms with Crippen molar-refractivity contribution in [3.63, 3.8) is 0 Å². The van der Waals surface area contributed by atoms with Gasteiger partial charge in [-0.1, -0.05) is 35.0 Å². The summed E-state index contributed by atoms with van der Waals surface area (Å²) in [7, 11) is 0. The molecule has 0 aliphatic carbocycles. The molecule has 76 valence electrons. The summed E-state index contributed by atoms with van der Waals surface area (Å²) in [6.07, 6.45) is 1.05. The van der Waals surface area contributed by atoms with Crippen molar-refractivity contribution in [3.05, 3.63) is 34.3 Å². The van der Waals surface area contributed by atoms with Gasteiger partial charge in [0.1, 0.15) is 0 Å². The first kappa shape index (κ1) is 11.2. The van der Waals surface area contributed by atoms with E-state index in [1.54, 1.807) is 0 Å². The van der Waals surface area contributed by atoms with E-state index in [1.807, 2.05) is 31.2 Å². The number of hydrogen-bond acceptors (Lipinski definition) is 1. The third-order valence-electron chi connectivity index (χ3n) is 2.02. The van der Waals surface area contributed by atoms with E-state index < -0.39 is 5.97 Å². The van der Waals surface area contributed by atoms with Gasteiger partial charge >= 0.3 is 5.97 Å². The molecule has 0 fully saturated rings. The van der Waals surface area contributed by atoms with Crippen molar-refractivity contribution in [2.75, 3.05) is 0 Å². The lowest BCUT2D eigenvalue weighted by Crippen LogP contribution is -2.06. The smallest absolute Gasteiger partial charge is 0.303 e. The van der Waals surface area contributed by atoms with Gasteiger partial charge in [-0.2, -0.15) is 0 Å². The minimum absolute atomic E-state index is 0.189. The molecule has 0 bridgehead atoms. The van der Waals surface area contributed by atoms with Crippen LogP contribution in [-0.2, 0) is 11.2 Å². The summed E-state index contributed by atoms with van der Waals surface area (Å²) in [5, 5.41) is 8.60. The highest BCUT2D eigenvalue weighted by molar-refractivity contribution is 9.10. The molecule has 0 amide bonds. The summed E-state index contributed by atoms with van der Waals surface area (Å²) >= 11 is 3.36. The lowest BCUT2D eigenvalue weighted by Gasteiger charge is -2.08. The molecule has 0 aliphatic rings. The lowest BCUT2D eigenvalue weighted by molar-refractivity contribution is -0.137. The van der Waals surface area contributed by atoms with Gasteiger partial charge < -0.3 is 5.11 Å². The first-order chi connectivity index (χ1) is 6.58. The number of halogens is 1. The molecule has 0 aliphatic heterocycles. The van der Waals surface area contributed by atoms with Crippen molar-refractivity contribution < 1.29 is 9.90 Å². The molecule has 1 aromatic carbocycles. The maximum atomic E-state index is 10.4. The third-order valence-corrected chi connectivity index (χ3v) is 2.55. The van der Waals surface area contributed by atoms with Gasteiger partial charge in [-0.15, -0.1) is 0 Å². The van der Waals surface area contributed by atoms with E-state index in [2.05, 4.69) is 15.9 Å². The van der Waals surface area contributed by atoms with E-state index in [9.17, 15) is 4.79 Å². The molecular formula is C11H13BrO2. The van der Waals surface area contributed by atoms with Crippen molar-refractivity contribution in [2.24, 2.45) is 5.92 Å². The molecule has 1 N–H and O–H groups in total. The van der Waals surface area contributed by atoms with Crippen LogP contribution in [0.3, 0.4) is 0 Å². The van der Waals surface area contributed by atoms with Crippen LogP contribution in [0.1, 0.15) is 18.9 Å². The van der Waals surface area contributed by atoms with Crippen molar-refractivity contribution in [3.8, 4) is 0 Å². The normalized spacial score (nSPS) is 12.4. The average Bonchev–Trinajstić information content (AvgIpc) is 2.07. The van der Waals surface area contributed by atoms with Crippen molar-refractivity contribution >= 4 is 21.9 Å². The highest BCUT2D eigenvalue weighted by Crippen LogP contribution is 2.15. The van der Waals surface area contributed by atoms with Gasteiger partial charge in [0.2, 0.25) is 0 Å². The molecule has 0 saturated carbocycles. The predicted octanol–water partition coefficient (Wildman–Crippen LogP) is 3.10. The molecule has 0 heterocycles. The summed E-state index contributed by atoms with van der Waals surface area (Å²) in [6.45, 7) is 1.95. The van der Waals surface area contributed by atoms with E-state index in [4.69, 9.17) is 5.11 Å². The van der Waals surface area contributed by atoms with Crippen LogP contribution in [0.25, 0.3) is 0 Å². The highest BCUT2D eigenvalue weighted by Gasteiger charge is 2.07. The summed E-state index contributed by atoms with van der Waals surface area (Å²) in [6, 6.07) is 7.98. The topological polar surface area (TPSA) is 37.3 Å². The highest BCUT2D eigenvalue weighted by atomic mass is 79.9. The SMILES string of the molecule is CC(CC(=O)O)Cc1ccc(Br)cc1. The van der Waals surface area contributed by atoms with Gasteiger partial charge in [-0.25, -0.2) is 0 Å². The van der Waals surface area contributed by atoms with Gasteiger partial charge in [-0.05, 0) is 30.0 Å². The Kier molecular flexibility index (Phi) is 4.14. The zero-order valence-electron chi connectivity index (χ0n) is 8.03. The molecule has 14 heavy (non-hydrogen) atoms. The van der Waals surface area contributed by atoms with E-state index in [1.165, 1.54) is 5.56 Å². The van der Waals surface area contributed by atoms with Gasteiger partial charge in [0, 0.05) is 10.9 Å². The monoisotopic (exact) mass is 256 g/mol. The van der Waals surface area contributed by atoms with E-state index in [-0.39, 0.29) is 12.3 Å². The Morgan fingerprint density at radius 2 is 2.00 bits per heavy atom. The number of rotatable bonds is 4. The van der Waals surface area contributed by atoms with Crippen LogP contribution in [0, 0.1) is 5.92 Å². The van der Waals surface area contributed by atoms with Gasteiger partial charge in [0.05, 0.1) is 0 Å². The molecule has 0 radical (unpaired) electrons. The van der Waals surface area contributed by atoms with Crippen LogP contribution >= 0.6 is 15.9 Å². The summed E-state index contributed by atoms with van der Waals surface area (Å²) in [5.41, 5.74) is 1.18. The quantitative estimate of drug-likeness (QED) is 0.899. The Hall–Kier alpha value is -0.830. The zero-order chi connectivity index (χ0) is 10.6. The molecule has 0 saturated heterocycles. The standard InChI is InChI=1S/C11H13BrO2/c1-8(7-11(13)14)6-9-2-4-10(12)5-3-9/h2-5,8H,6-7H2,1H3,(H,13,14). The Morgan fingerprint density at radius 3 is 2.50 bits per heavy atom. The molecule has 3 heteroatoms. The Balaban J connectivity index is 2.51. The van der Waals surface area contributed by atoms with E-state index in [0.29, 0.717) is 0 Å². The maximum Gasteiger partial charge on any atom is 0.303 e. The van der Waals surface area contributed by atoms with Gasteiger partial charge in [0.25, 0.3) is 0 Å². The van der Waals surface area contributed by atoms with Crippen molar-refractivity contribution in [1.29, 1.82) is 0 Å². The largest absolute Gasteiger partial charge is 0.481 e. The molecule has 0 aromatic heterocycles. The fourth-order valence-electron chi connectivity index (χ4n) is 1.39. The number of hydrogen-bond donors (Lipinski definition) is 1. The summed E-state index contributed by atoms with van der Waals surface area (Å²) in [4.78, 5) is 10.4. The first-order valence-electron chi connectivity index (χ1n) is 4.54. The Labute approximate surface area is 92.1 Å². The van der Waals surface area contributed by atoms with Crippen LogP contribution in [0.2, 0.25) is 0 Å². The molecule has 1 rings (SSSR count). The first-order valence-corrected chi connectivity index (χ1v) is 5.33. The van der Waals surface area contributed by atoms with Crippen LogP contribution in [0.15, 0.2) is 28.7 Å². The third kappa shape index (κ3) is 3.92. The molecule has 1 unspecified atom stereocenters. The second-order valence-corrected chi connectivity index (χ2v) is 4.45. The number of benzene rings is 1. The molecule has 1 atom stereocenters. The minimum atomic E-state index is -0.727. The fourth-order valence-corrected chi connectivity index (χ4v) is 1.66. The van der Waals surface area contributed by atoms with Crippen LogP contribution in [0.4, 0.5) is 0 Å². The van der Waals surface area contributed by atoms with Crippen molar-refractivity contribution in [2.45, 2.75) is 19.8 Å². The van der Waals surface area contributed by atoms with Crippen LogP contribution in [-0.4, -0.2) is 11.1 Å². The second-order valence-electron chi connectivity index (χ2n) is 3.53. The summed E-state index contributed by atoms with van der Waals surface area (Å²) in [5.74, 6) is -0.539. The zero-order valence-corrected chi connectivity index (χ0v) is 9.62. The van der Waals surface area contributed by atoms with E-state index >= 15 is 0 Å². The second kappa shape index (κ2) is 5.15. The fraction of sp³-hybridized carbons (Fsp3) is 0.364. The molecule has 0 spiro atoms. The Morgan fingerprint density at radius 1 is 1.43 bits per heavy atom. The van der Waals surface area contributed by atoms with Crippen LogP contribution < -0.4 is 0 Å². The van der Waals surface area contributed by atoms with Crippen LogP contribution in [0.5, 0.6) is 0 Å². The number of aliphatic carboxylic acids is 1. The molecular weight excluding hydrogens is 244 g/mol. The number of carboxylic acid groups (broad SMARTS) is 1.